The van der Waals surface area contributed by atoms with Gasteiger partial charge >= 0.3 is 5.97 Å². The summed E-state index contributed by atoms with van der Waals surface area (Å²) in [7, 11) is 0. The molecule has 1 aromatic rings. The van der Waals surface area contributed by atoms with Gasteiger partial charge in [0.25, 0.3) is 0 Å². The number of hydrogen-bond donors (Lipinski definition) is 1. The molecule has 4 nitrogen and oxygen atoms in total. The average Bonchev–Trinajstić information content (AvgIpc) is 2.18. The Bertz CT molecular complexity index is 401. The number of rotatable bonds is 4. The molecule has 1 saturated heterocycles. The Morgan fingerprint density at radius 3 is 2.88 bits per heavy atom. The van der Waals surface area contributed by atoms with E-state index in [9.17, 15) is 9.18 Å². The van der Waals surface area contributed by atoms with Crippen molar-refractivity contribution in [3.8, 4) is 0 Å². The van der Waals surface area contributed by atoms with Crippen molar-refractivity contribution in [2.45, 2.75) is 12.7 Å². The highest BCUT2D eigenvalue weighted by Gasteiger charge is 2.19. The van der Waals surface area contributed by atoms with Crippen LogP contribution in [0, 0.1) is 5.82 Å². The molecule has 0 aromatic heterocycles. The van der Waals surface area contributed by atoms with E-state index in [2.05, 4.69) is 0 Å². The molecule has 1 aromatic carbocycles. The SMILES string of the molecule is O=C(O)c1ccc(F)c(COC2COC2)c1. The first-order valence-corrected chi connectivity index (χ1v) is 4.88. The van der Waals surface area contributed by atoms with Crippen LogP contribution in [0.25, 0.3) is 0 Å². The first-order chi connectivity index (χ1) is 7.66. The Labute approximate surface area is 91.6 Å². The van der Waals surface area contributed by atoms with Gasteiger partial charge in [-0.2, -0.15) is 0 Å². The highest BCUT2D eigenvalue weighted by atomic mass is 19.1. The van der Waals surface area contributed by atoms with Crippen LogP contribution >= 0.6 is 0 Å². The van der Waals surface area contributed by atoms with Crippen molar-refractivity contribution in [3.05, 3.63) is 35.1 Å². The van der Waals surface area contributed by atoms with Crippen LogP contribution in [-0.2, 0) is 16.1 Å². The molecule has 1 N–H and O–H groups in total. The second-order valence-electron chi connectivity index (χ2n) is 3.58. The van der Waals surface area contributed by atoms with E-state index in [1.807, 2.05) is 0 Å². The zero-order valence-electron chi connectivity index (χ0n) is 8.48. The fraction of sp³-hybridized carbons (Fsp3) is 0.364. The first-order valence-electron chi connectivity index (χ1n) is 4.88. The molecule has 0 unspecified atom stereocenters. The molecule has 86 valence electrons. The van der Waals surface area contributed by atoms with Gasteiger partial charge in [-0.25, -0.2) is 9.18 Å². The van der Waals surface area contributed by atoms with Gasteiger partial charge in [0.2, 0.25) is 0 Å². The third-order valence-electron chi connectivity index (χ3n) is 2.37. The molecule has 0 saturated carbocycles. The molecule has 0 amide bonds. The van der Waals surface area contributed by atoms with E-state index in [1.165, 1.54) is 12.1 Å². The van der Waals surface area contributed by atoms with E-state index in [4.69, 9.17) is 14.6 Å². The molecule has 0 atom stereocenters. The molecule has 1 aliphatic rings. The number of carbonyl (C=O) groups is 1. The molecule has 2 rings (SSSR count). The number of hydrogen-bond acceptors (Lipinski definition) is 3. The quantitative estimate of drug-likeness (QED) is 0.844. The van der Waals surface area contributed by atoms with Crippen molar-refractivity contribution in [2.75, 3.05) is 13.2 Å². The van der Waals surface area contributed by atoms with Crippen molar-refractivity contribution >= 4 is 5.97 Å². The third-order valence-corrected chi connectivity index (χ3v) is 2.37. The molecule has 16 heavy (non-hydrogen) atoms. The van der Waals surface area contributed by atoms with Crippen molar-refractivity contribution in [3.63, 3.8) is 0 Å². The number of ether oxygens (including phenoxy) is 2. The van der Waals surface area contributed by atoms with Gasteiger partial charge in [0, 0.05) is 5.56 Å². The maximum atomic E-state index is 13.3. The fourth-order valence-corrected chi connectivity index (χ4v) is 1.34. The summed E-state index contributed by atoms with van der Waals surface area (Å²) in [5.41, 5.74) is 0.316. The highest BCUT2D eigenvalue weighted by molar-refractivity contribution is 5.87. The minimum Gasteiger partial charge on any atom is -0.478 e. The average molecular weight is 226 g/mol. The molecule has 0 aliphatic carbocycles. The minimum atomic E-state index is -1.08. The summed E-state index contributed by atoms with van der Waals surface area (Å²) in [6.07, 6.45) is -0.00659. The van der Waals surface area contributed by atoms with Crippen LogP contribution in [0.5, 0.6) is 0 Å². The van der Waals surface area contributed by atoms with E-state index in [1.54, 1.807) is 0 Å². The normalized spacial score (nSPS) is 15.8. The Hall–Kier alpha value is -1.46. The van der Waals surface area contributed by atoms with Crippen LogP contribution in [0.3, 0.4) is 0 Å². The molecule has 1 fully saturated rings. The summed E-state index contributed by atoms with van der Waals surface area (Å²) in [5.74, 6) is -1.53. The predicted octanol–water partition coefficient (Wildman–Crippen LogP) is 1.44. The van der Waals surface area contributed by atoms with Gasteiger partial charge in [-0.05, 0) is 18.2 Å². The topological polar surface area (TPSA) is 55.8 Å². The van der Waals surface area contributed by atoms with Crippen molar-refractivity contribution in [1.29, 1.82) is 0 Å². The van der Waals surface area contributed by atoms with Crippen LogP contribution in [0.1, 0.15) is 15.9 Å². The minimum absolute atomic E-state index is 0.00659. The highest BCUT2D eigenvalue weighted by Crippen LogP contribution is 2.15. The molecule has 0 spiro atoms. The Morgan fingerprint density at radius 1 is 1.56 bits per heavy atom. The lowest BCUT2D eigenvalue weighted by Crippen LogP contribution is -2.35. The molecular formula is C11H11FO4. The monoisotopic (exact) mass is 226 g/mol. The summed E-state index contributed by atoms with van der Waals surface area (Å²) in [4.78, 5) is 10.7. The first kappa shape index (κ1) is 11.0. The van der Waals surface area contributed by atoms with Crippen molar-refractivity contribution in [1.82, 2.24) is 0 Å². The van der Waals surface area contributed by atoms with E-state index in [0.29, 0.717) is 13.2 Å². The largest absolute Gasteiger partial charge is 0.478 e. The molecule has 0 radical (unpaired) electrons. The van der Waals surface area contributed by atoms with Gasteiger partial charge in [-0.15, -0.1) is 0 Å². The van der Waals surface area contributed by atoms with E-state index in [-0.39, 0.29) is 23.8 Å². The van der Waals surface area contributed by atoms with Crippen molar-refractivity contribution < 1.29 is 23.8 Å². The zero-order valence-corrected chi connectivity index (χ0v) is 8.48. The molecule has 5 heteroatoms. The number of aromatic carboxylic acids is 1. The Morgan fingerprint density at radius 2 is 2.31 bits per heavy atom. The van der Waals surface area contributed by atoms with Gasteiger partial charge in [0.1, 0.15) is 11.9 Å². The van der Waals surface area contributed by atoms with E-state index in [0.717, 1.165) is 6.07 Å². The van der Waals surface area contributed by atoms with Gasteiger partial charge in [-0.1, -0.05) is 0 Å². The van der Waals surface area contributed by atoms with Gasteiger partial charge < -0.3 is 14.6 Å². The number of benzene rings is 1. The maximum absolute atomic E-state index is 13.3. The lowest BCUT2D eigenvalue weighted by molar-refractivity contribution is -0.135. The fourth-order valence-electron chi connectivity index (χ4n) is 1.34. The van der Waals surface area contributed by atoms with E-state index < -0.39 is 11.8 Å². The summed E-state index contributed by atoms with van der Waals surface area (Å²) in [6, 6.07) is 3.66. The molecular weight excluding hydrogens is 215 g/mol. The van der Waals surface area contributed by atoms with Gasteiger partial charge in [-0.3, -0.25) is 0 Å². The van der Waals surface area contributed by atoms with Crippen molar-refractivity contribution in [2.24, 2.45) is 0 Å². The predicted molar refractivity (Wildman–Crippen MR) is 52.8 cm³/mol. The zero-order chi connectivity index (χ0) is 11.5. The number of carboxylic acids is 1. The summed E-state index contributed by atoms with van der Waals surface area (Å²) in [6.45, 7) is 1.10. The van der Waals surface area contributed by atoms with Crippen LogP contribution < -0.4 is 0 Å². The van der Waals surface area contributed by atoms with Gasteiger partial charge in [0.15, 0.2) is 0 Å². The van der Waals surface area contributed by atoms with Crippen LogP contribution in [0.15, 0.2) is 18.2 Å². The molecule has 1 heterocycles. The van der Waals surface area contributed by atoms with Crippen LogP contribution in [0.2, 0.25) is 0 Å². The number of carboxylic acid groups (broad SMARTS) is 1. The maximum Gasteiger partial charge on any atom is 0.335 e. The second kappa shape index (κ2) is 4.59. The Kier molecular flexibility index (Phi) is 3.17. The Balaban J connectivity index is 2.05. The summed E-state index contributed by atoms with van der Waals surface area (Å²) in [5, 5.41) is 8.75. The number of halogens is 1. The summed E-state index contributed by atoms with van der Waals surface area (Å²) >= 11 is 0. The van der Waals surface area contributed by atoms with Crippen LogP contribution in [-0.4, -0.2) is 30.4 Å². The van der Waals surface area contributed by atoms with Crippen LogP contribution in [0.4, 0.5) is 4.39 Å². The van der Waals surface area contributed by atoms with E-state index >= 15 is 0 Å². The second-order valence-corrected chi connectivity index (χ2v) is 3.58. The lowest BCUT2D eigenvalue weighted by atomic mass is 10.1. The standard InChI is InChI=1S/C11H11FO4/c12-10-2-1-7(11(13)14)3-8(10)4-16-9-5-15-6-9/h1-3,9H,4-6H2,(H,13,14). The molecule has 0 bridgehead atoms. The summed E-state index contributed by atoms with van der Waals surface area (Å²) < 4.78 is 23.5. The third kappa shape index (κ3) is 2.37. The smallest absolute Gasteiger partial charge is 0.335 e. The lowest BCUT2D eigenvalue weighted by Gasteiger charge is -2.26. The van der Waals surface area contributed by atoms with Gasteiger partial charge in [0.05, 0.1) is 25.4 Å². The molecule has 1 aliphatic heterocycles.